The van der Waals surface area contributed by atoms with E-state index in [0.717, 1.165) is 18.7 Å². The lowest BCUT2D eigenvalue weighted by Crippen LogP contribution is -2.07. The third kappa shape index (κ3) is 1.90. The maximum absolute atomic E-state index is 11.7. The van der Waals surface area contributed by atoms with Gasteiger partial charge in [-0.15, -0.1) is 0 Å². The van der Waals surface area contributed by atoms with E-state index in [-0.39, 0.29) is 5.97 Å². The van der Waals surface area contributed by atoms with Crippen molar-refractivity contribution in [2.75, 3.05) is 18.5 Å². The van der Waals surface area contributed by atoms with Crippen LogP contribution in [0.15, 0.2) is 18.2 Å². The van der Waals surface area contributed by atoms with Gasteiger partial charge in [0.15, 0.2) is 0 Å². The number of carbonyl (C=O) groups excluding carboxylic acids is 1. The van der Waals surface area contributed by atoms with Gasteiger partial charge in [0.25, 0.3) is 0 Å². The maximum atomic E-state index is 11.7. The summed E-state index contributed by atoms with van der Waals surface area (Å²) in [7, 11) is 0. The van der Waals surface area contributed by atoms with Crippen molar-refractivity contribution in [3.8, 4) is 0 Å². The van der Waals surface area contributed by atoms with Gasteiger partial charge in [-0.1, -0.05) is 0 Å². The second-order valence-electron chi connectivity index (χ2n) is 4.59. The summed E-state index contributed by atoms with van der Waals surface area (Å²) in [5.74, 6) is 0.446. The van der Waals surface area contributed by atoms with Crippen LogP contribution >= 0.6 is 0 Å². The summed E-state index contributed by atoms with van der Waals surface area (Å²) in [5.41, 5.74) is 3.06. The molecule has 0 unspecified atom stereocenters. The van der Waals surface area contributed by atoms with E-state index in [1.807, 2.05) is 18.2 Å². The lowest BCUT2D eigenvalue weighted by Gasteiger charge is -2.05. The molecule has 3 heteroatoms. The van der Waals surface area contributed by atoms with Gasteiger partial charge in [-0.05, 0) is 48.9 Å². The molecule has 0 radical (unpaired) electrons. The molecule has 0 bridgehead atoms. The van der Waals surface area contributed by atoms with E-state index in [1.54, 1.807) is 0 Å². The molecule has 3 rings (SSSR count). The van der Waals surface area contributed by atoms with Crippen molar-refractivity contribution in [1.29, 1.82) is 0 Å². The van der Waals surface area contributed by atoms with E-state index in [4.69, 9.17) is 4.74 Å². The average molecular weight is 217 g/mol. The summed E-state index contributed by atoms with van der Waals surface area (Å²) < 4.78 is 5.25. The Balaban J connectivity index is 1.70. The van der Waals surface area contributed by atoms with Crippen LogP contribution in [0, 0.1) is 5.92 Å². The molecular formula is C13H15NO2. The van der Waals surface area contributed by atoms with Crippen LogP contribution in [0.3, 0.4) is 0 Å². The second-order valence-corrected chi connectivity index (χ2v) is 4.59. The zero-order valence-corrected chi connectivity index (χ0v) is 9.16. The van der Waals surface area contributed by atoms with Crippen LogP contribution in [-0.4, -0.2) is 19.1 Å². The molecule has 1 saturated carbocycles. The third-order valence-electron chi connectivity index (χ3n) is 3.20. The number of carbonyl (C=O) groups is 1. The lowest BCUT2D eigenvalue weighted by atomic mass is 10.1. The van der Waals surface area contributed by atoms with Gasteiger partial charge in [0, 0.05) is 12.2 Å². The zero-order chi connectivity index (χ0) is 11.0. The molecule has 0 spiro atoms. The van der Waals surface area contributed by atoms with E-state index in [1.165, 1.54) is 18.4 Å². The number of fused-ring (bicyclic) bond motifs is 1. The molecule has 1 aliphatic carbocycles. The largest absolute Gasteiger partial charge is 0.462 e. The Morgan fingerprint density at radius 3 is 3.12 bits per heavy atom. The highest BCUT2D eigenvalue weighted by Gasteiger charge is 2.23. The first-order valence-electron chi connectivity index (χ1n) is 5.87. The monoisotopic (exact) mass is 217 g/mol. The summed E-state index contributed by atoms with van der Waals surface area (Å²) in [4.78, 5) is 11.7. The molecule has 1 aliphatic heterocycles. The third-order valence-corrected chi connectivity index (χ3v) is 3.20. The lowest BCUT2D eigenvalue weighted by molar-refractivity contribution is 0.0486. The fourth-order valence-electron chi connectivity index (χ4n) is 1.99. The molecule has 0 aromatic heterocycles. The Morgan fingerprint density at radius 2 is 2.31 bits per heavy atom. The van der Waals surface area contributed by atoms with Crippen molar-refractivity contribution < 1.29 is 9.53 Å². The molecule has 2 aliphatic rings. The highest BCUT2D eigenvalue weighted by molar-refractivity contribution is 5.90. The molecular weight excluding hydrogens is 202 g/mol. The van der Waals surface area contributed by atoms with Crippen LogP contribution in [0.2, 0.25) is 0 Å². The number of benzene rings is 1. The van der Waals surface area contributed by atoms with E-state index in [9.17, 15) is 4.79 Å². The molecule has 1 N–H and O–H groups in total. The van der Waals surface area contributed by atoms with Crippen molar-refractivity contribution in [2.24, 2.45) is 5.92 Å². The van der Waals surface area contributed by atoms with Gasteiger partial charge >= 0.3 is 5.97 Å². The number of hydrogen-bond donors (Lipinski definition) is 1. The van der Waals surface area contributed by atoms with Crippen molar-refractivity contribution in [3.63, 3.8) is 0 Å². The van der Waals surface area contributed by atoms with Crippen LogP contribution in [0.25, 0.3) is 0 Å². The first kappa shape index (κ1) is 9.70. The van der Waals surface area contributed by atoms with Crippen molar-refractivity contribution in [3.05, 3.63) is 29.3 Å². The van der Waals surface area contributed by atoms with Crippen LogP contribution in [-0.2, 0) is 11.2 Å². The van der Waals surface area contributed by atoms with Gasteiger partial charge in [0.05, 0.1) is 12.2 Å². The SMILES string of the molecule is O=C(OCC1CC1)c1ccc2c(c1)CCN2. The Kier molecular flexibility index (Phi) is 2.31. The summed E-state index contributed by atoms with van der Waals surface area (Å²) >= 11 is 0. The van der Waals surface area contributed by atoms with Crippen molar-refractivity contribution in [1.82, 2.24) is 0 Å². The molecule has 1 aromatic rings. The standard InChI is InChI=1S/C13H15NO2/c15-13(16-8-9-1-2-9)11-3-4-12-10(7-11)5-6-14-12/h3-4,7,9,14H,1-2,5-6,8H2. The summed E-state index contributed by atoms with van der Waals surface area (Å²) in [6.07, 6.45) is 3.42. The van der Waals surface area contributed by atoms with E-state index in [2.05, 4.69) is 5.32 Å². The predicted octanol–water partition coefficient (Wildman–Crippen LogP) is 2.22. The molecule has 84 valence electrons. The first-order valence-corrected chi connectivity index (χ1v) is 5.87. The molecule has 1 fully saturated rings. The van der Waals surface area contributed by atoms with Gasteiger partial charge in [0.1, 0.15) is 0 Å². The van der Waals surface area contributed by atoms with Gasteiger partial charge in [0.2, 0.25) is 0 Å². The van der Waals surface area contributed by atoms with Crippen LogP contribution in [0.1, 0.15) is 28.8 Å². The maximum Gasteiger partial charge on any atom is 0.338 e. The first-order chi connectivity index (χ1) is 7.83. The molecule has 0 amide bonds. The van der Waals surface area contributed by atoms with Gasteiger partial charge in [-0.3, -0.25) is 0 Å². The number of ether oxygens (including phenoxy) is 1. The normalized spacial score (nSPS) is 17.8. The quantitative estimate of drug-likeness (QED) is 0.789. The van der Waals surface area contributed by atoms with Crippen molar-refractivity contribution >= 4 is 11.7 Å². The second kappa shape index (κ2) is 3.81. The van der Waals surface area contributed by atoms with Gasteiger partial charge in [-0.25, -0.2) is 4.79 Å². The number of nitrogens with one attached hydrogen (secondary N) is 1. The van der Waals surface area contributed by atoms with Gasteiger partial charge < -0.3 is 10.1 Å². The molecule has 1 aromatic carbocycles. The Labute approximate surface area is 94.8 Å². The molecule has 0 atom stereocenters. The minimum Gasteiger partial charge on any atom is -0.462 e. The minimum atomic E-state index is -0.179. The van der Waals surface area contributed by atoms with Crippen LogP contribution < -0.4 is 5.32 Å². The van der Waals surface area contributed by atoms with E-state index >= 15 is 0 Å². The highest BCUT2D eigenvalue weighted by atomic mass is 16.5. The fraction of sp³-hybridized carbons (Fsp3) is 0.462. The predicted molar refractivity (Wildman–Crippen MR) is 61.6 cm³/mol. The number of esters is 1. The molecule has 3 nitrogen and oxygen atoms in total. The Hall–Kier alpha value is -1.51. The number of hydrogen-bond acceptors (Lipinski definition) is 3. The fourth-order valence-corrected chi connectivity index (χ4v) is 1.99. The van der Waals surface area contributed by atoms with Crippen molar-refractivity contribution in [2.45, 2.75) is 19.3 Å². The minimum absolute atomic E-state index is 0.179. The average Bonchev–Trinajstić information content (AvgIpc) is 3.01. The topological polar surface area (TPSA) is 38.3 Å². The molecule has 0 saturated heterocycles. The Morgan fingerprint density at radius 1 is 1.44 bits per heavy atom. The van der Waals surface area contributed by atoms with Crippen LogP contribution in [0.5, 0.6) is 0 Å². The zero-order valence-electron chi connectivity index (χ0n) is 9.16. The Bertz CT molecular complexity index is 424. The summed E-state index contributed by atoms with van der Waals surface area (Å²) in [5, 5.41) is 3.27. The highest BCUT2D eigenvalue weighted by Crippen LogP contribution is 2.29. The number of anilines is 1. The molecule has 1 heterocycles. The van der Waals surface area contributed by atoms with E-state index < -0.39 is 0 Å². The number of rotatable bonds is 3. The van der Waals surface area contributed by atoms with Crippen LogP contribution in [0.4, 0.5) is 5.69 Å². The summed E-state index contributed by atoms with van der Waals surface area (Å²) in [6, 6.07) is 5.76. The molecule has 16 heavy (non-hydrogen) atoms. The smallest absolute Gasteiger partial charge is 0.338 e. The summed E-state index contributed by atoms with van der Waals surface area (Å²) in [6.45, 7) is 1.56. The van der Waals surface area contributed by atoms with Gasteiger partial charge in [-0.2, -0.15) is 0 Å². The van der Waals surface area contributed by atoms with E-state index in [0.29, 0.717) is 18.1 Å².